The minimum Gasteiger partial charge on any atom is -0.491 e. The molecule has 0 radical (unpaired) electrons. The number of halogens is 1. The largest absolute Gasteiger partial charge is 0.491 e. The summed E-state index contributed by atoms with van der Waals surface area (Å²) in [5.74, 6) is -0.190. The molecule has 10 heteroatoms. The minimum atomic E-state index is -0.651. The van der Waals surface area contributed by atoms with Crippen molar-refractivity contribution in [3.63, 3.8) is 0 Å². The van der Waals surface area contributed by atoms with E-state index in [2.05, 4.69) is 26.6 Å². The lowest BCUT2D eigenvalue weighted by atomic mass is 10.1. The first-order chi connectivity index (χ1) is 17.6. The first-order valence-electron chi connectivity index (χ1n) is 12.0. The van der Waals surface area contributed by atoms with Gasteiger partial charge >= 0.3 is 18.2 Å². The summed E-state index contributed by atoms with van der Waals surface area (Å²) in [5.41, 5.74) is 0.538. The molecule has 9 nitrogen and oxygen atoms in total. The normalized spacial score (nSPS) is 11.7. The van der Waals surface area contributed by atoms with Crippen LogP contribution in [-0.2, 0) is 20.8 Å². The minimum absolute atomic E-state index is 0.103. The van der Waals surface area contributed by atoms with E-state index in [0.29, 0.717) is 31.6 Å². The van der Waals surface area contributed by atoms with Crippen molar-refractivity contribution in [3.8, 4) is 5.75 Å². The topological polar surface area (TPSA) is 112 Å². The van der Waals surface area contributed by atoms with E-state index in [0.717, 1.165) is 10.0 Å². The molecule has 2 amide bonds. The maximum atomic E-state index is 12.4. The van der Waals surface area contributed by atoms with Crippen molar-refractivity contribution in [2.45, 2.75) is 58.3 Å². The number of amides is 2. The fourth-order valence-electron chi connectivity index (χ4n) is 3.24. The van der Waals surface area contributed by atoms with E-state index in [1.807, 2.05) is 30.3 Å². The smallest absolute Gasteiger partial charge is 0.407 e. The highest BCUT2D eigenvalue weighted by Gasteiger charge is 2.21. The second-order valence-electron chi connectivity index (χ2n) is 9.27. The molecular formula is C27H35BrN2O7. The highest BCUT2D eigenvalue weighted by atomic mass is 79.9. The number of methoxy groups -OCH3 is 1. The van der Waals surface area contributed by atoms with E-state index >= 15 is 0 Å². The van der Waals surface area contributed by atoms with Crippen molar-refractivity contribution in [1.29, 1.82) is 0 Å². The van der Waals surface area contributed by atoms with Crippen LogP contribution in [0.5, 0.6) is 5.75 Å². The molecule has 2 N–H and O–H groups in total. The van der Waals surface area contributed by atoms with Gasteiger partial charge < -0.3 is 29.6 Å². The van der Waals surface area contributed by atoms with Crippen LogP contribution in [0.2, 0.25) is 0 Å². The highest BCUT2D eigenvalue weighted by molar-refractivity contribution is 9.10. The third-order valence-corrected chi connectivity index (χ3v) is 5.46. The number of hydrogen-bond donors (Lipinski definition) is 2. The number of nitrogens with one attached hydrogen (secondary N) is 2. The van der Waals surface area contributed by atoms with Gasteiger partial charge in [0.05, 0.1) is 13.2 Å². The Bertz CT molecular complexity index is 1030. The molecule has 0 saturated heterocycles. The van der Waals surface area contributed by atoms with Gasteiger partial charge in [0, 0.05) is 11.0 Å². The Morgan fingerprint density at radius 1 is 1.00 bits per heavy atom. The van der Waals surface area contributed by atoms with E-state index in [9.17, 15) is 14.4 Å². The van der Waals surface area contributed by atoms with Crippen molar-refractivity contribution in [2.75, 3.05) is 20.3 Å². The van der Waals surface area contributed by atoms with Crippen molar-refractivity contribution in [1.82, 2.24) is 10.6 Å². The lowest BCUT2D eigenvalue weighted by Gasteiger charge is -2.24. The number of unbranched alkanes of at least 4 members (excludes halogenated alkanes) is 1. The van der Waals surface area contributed by atoms with Gasteiger partial charge in [-0.25, -0.2) is 14.4 Å². The van der Waals surface area contributed by atoms with Crippen molar-refractivity contribution in [3.05, 3.63) is 64.1 Å². The predicted molar refractivity (Wildman–Crippen MR) is 143 cm³/mol. The molecular weight excluding hydrogens is 544 g/mol. The van der Waals surface area contributed by atoms with Gasteiger partial charge in [0.15, 0.2) is 0 Å². The maximum absolute atomic E-state index is 12.4. The number of carbonyl (C=O) groups excluding carboxylic acids is 3. The third kappa shape index (κ3) is 12.0. The summed E-state index contributed by atoms with van der Waals surface area (Å²) in [4.78, 5) is 36.4. The standard InChI is InChI=1S/C27H35BrN2O7/c1-27(2,3)37-26(33)30-21(18-35-23-16-20(28)13-14-22(23)24(31)34-4)12-8-9-15-29-25(32)36-17-19-10-6-5-7-11-19/h5-7,10-11,13-14,16,21H,8-9,12,15,17-18H2,1-4H3,(H,29,32)(H,30,33)/t21-/m0/s1. The number of carbonyl (C=O) groups is 3. The van der Waals surface area contributed by atoms with Crippen LogP contribution >= 0.6 is 15.9 Å². The number of hydrogen-bond acceptors (Lipinski definition) is 7. The Morgan fingerprint density at radius 2 is 1.73 bits per heavy atom. The maximum Gasteiger partial charge on any atom is 0.407 e. The molecule has 0 bridgehead atoms. The van der Waals surface area contributed by atoms with Gasteiger partial charge in [0.1, 0.15) is 30.1 Å². The van der Waals surface area contributed by atoms with E-state index < -0.39 is 29.8 Å². The Labute approximate surface area is 226 Å². The fraction of sp³-hybridized carbons (Fsp3) is 0.444. The van der Waals surface area contributed by atoms with Gasteiger partial charge in [-0.3, -0.25) is 0 Å². The van der Waals surface area contributed by atoms with E-state index in [1.165, 1.54) is 7.11 Å². The van der Waals surface area contributed by atoms with Crippen molar-refractivity contribution >= 4 is 34.1 Å². The van der Waals surface area contributed by atoms with Crippen LogP contribution in [-0.4, -0.2) is 50.1 Å². The quantitative estimate of drug-likeness (QED) is 0.191. The van der Waals surface area contributed by atoms with Gasteiger partial charge in [-0.2, -0.15) is 0 Å². The Morgan fingerprint density at radius 3 is 2.41 bits per heavy atom. The van der Waals surface area contributed by atoms with Crippen LogP contribution in [0.1, 0.15) is 56.0 Å². The summed E-state index contributed by atoms with van der Waals surface area (Å²) in [5, 5.41) is 5.56. The van der Waals surface area contributed by atoms with E-state index in [-0.39, 0.29) is 18.8 Å². The lowest BCUT2D eigenvalue weighted by molar-refractivity contribution is 0.0479. The predicted octanol–water partition coefficient (Wildman–Crippen LogP) is 5.60. The molecule has 1 atom stereocenters. The van der Waals surface area contributed by atoms with E-state index in [4.69, 9.17) is 18.9 Å². The Balaban J connectivity index is 1.87. The summed E-state index contributed by atoms with van der Waals surface area (Å²) in [7, 11) is 1.30. The van der Waals surface area contributed by atoms with Crippen molar-refractivity contribution in [2.24, 2.45) is 0 Å². The molecule has 2 aromatic rings. The highest BCUT2D eigenvalue weighted by Crippen LogP contribution is 2.25. The molecule has 0 unspecified atom stereocenters. The molecule has 0 aromatic heterocycles. The average Bonchev–Trinajstić information content (AvgIpc) is 2.84. The zero-order valence-corrected chi connectivity index (χ0v) is 23.3. The molecule has 0 aliphatic rings. The monoisotopic (exact) mass is 578 g/mol. The SMILES string of the molecule is COC(=O)c1ccc(Br)cc1OC[C@H](CCCCNC(=O)OCc1ccccc1)NC(=O)OC(C)(C)C. The van der Waals surface area contributed by atoms with Crippen LogP contribution in [0.3, 0.4) is 0 Å². The zero-order chi connectivity index (χ0) is 27.3. The van der Waals surface area contributed by atoms with Gasteiger partial charge in [-0.15, -0.1) is 0 Å². The second kappa shape index (κ2) is 15.1. The van der Waals surface area contributed by atoms with Gasteiger partial charge in [0.2, 0.25) is 0 Å². The third-order valence-electron chi connectivity index (χ3n) is 4.97. The molecule has 0 saturated carbocycles. The zero-order valence-electron chi connectivity index (χ0n) is 21.7. The van der Waals surface area contributed by atoms with Crippen LogP contribution in [0.15, 0.2) is 53.0 Å². The van der Waals surface area contributed by atoms with E-state index in [1.54, 1.807) is 39.0 Å². The Hall–Kier alpha value is -3.27. The summed E-state index contributed by atoms with van der Waals surface area (Å²) < 4.78 is 22.1. The molecule has 0 heterocycles. The lowest BCUT2D eigenvalue weighted by Crippen LogP contribution is -2.42. The summed E-state index contributed by atoms with van der Waals surface area (Å²) in [6, 6.07) is 14.0. The number of benzene rings is 2. The molecule has 0 aliphatic heterocycles. The van der Waals surface area contributed by atoms with Crippen molar-refractivity contribution < 1.29 is 33.3 Å². The second-order valence-corrected chi connectivity index (χ2v) is 10.2. The first-order valence-corrected chi connectivity index (χ1v) is 12.8. The number of esters is 1. The van der Waals surface area contributed by atoms with Crippen LogP contribution in [0, 0.1) is 0 Å². The number of ether oxygens (including phenoxy) is 4. The molecule has 0 spiro atoms. The average molecular weight is 579 g/mol. The van der Waals surface area contributed by atoms with Gasteiger partial charge in [-0.1, -0.05) is 46.3 Å². The van der Waals surface area contributed by atoms with Crippen LogP contribution in [0.25, 0.3) is 0 Å². The van der Waals surface area contributed by atoms with Gasteiger partial charge in [0.25, 0.3) is 0 Å². The molecule has 2 rings (SSSR count). The van der Waals surface area contributed by atoms with Crippen LogP contribution < -0.4 is 15.4 Å². The molecule has 37 heavy (non-hydrogen) atoms. The Kier molecular flexibility index (Phi) is 12.2. The number of alkyl carbamates (subject to hydrolysis) is 2. The van der Waals surface area contributed by atoms with Crippen LogP contribution in [0.4, 0.5) is 9.59 Å². The molecule has 202 valence electrons. The number of rotatable bonds is 12. The summed E-state index contributed by atoms with van der Waals surface area (Å²) in [6.07, 6.45) is 0.857. The summed E-state index contributed by atoms with van der Waals surface area (Å²) >= 11 is 3.38. The molecule has 2 aromatic carbocycles. The fourth-order valence-corrected chi connectivity index (χ4v) is 3.58. The first kappa shape index (κ1) is 30.0. The molecule has 0 aliphatic carbocycles. The molecule has 0 fully saturated rings. The summed E-state index contributed by atoms with van der Waals surface area (Å²) in [6.45, 7) is 6.08. The van der Waals surface area contributed by atoms with Gasteiger partial charge in [-0.05, 0) is 63.8 Å².